The molecule has 4 atom stereocenters. The van der Waals surface area contributed by atoms with Crippen molar-refractivity contribution in [3.05, 3.63) is 12.2 Å². The Kier molecular flexibility index (Phi) is 8.54. The Bertz CT molecular complexity index is 313. The molecule has 2 nitrogen and oxygen atoms in total. The molecule has 2 heteroatoms. The second-order valence-electron chi connectivity index (χ2n) is 7.10. The normalized spacial score (nSPS) is 30.6. The van der Waals surface area contributed by atoms with Gasteiger partial charge in [0.05, 0.1) is 18.8 Å². The topological polar surface area (TPSA) is 18.5 Å². The molecule has 2 rings (SSSR count). The Hall–Kier alpha value is -0.340. The first-order chi connectivity index (χ1) is 10.9. The van der Waals surface area contributed by atoms with E-state index in [1.165, 1.54) is 64.2 Å². The lowest BCUT2D eigenvalue weighted by Gasteiger charge is -2.27. The molecular weight excluding hydrogens is 272 g/mol. The van der Waals surface area contributed by atoms with Gasteiger partial charge in [0, 0.05) is 12.5 Å². The van der Waals surface area contributed by atoms with Gasteiger partial charge >= 0.3 is 0 Å². The van der Waals surface area contributed by atoms with Gasteiger partial charge in [-0.2, -0.15) is 0 Å². The van der Waals surface area contributed by atoms with Crippen molar-refractivity contribution in [3.8, 4) is 0 Å². The molecule has 0 aromatic rings. The Morgan fingerprint density at radius 2 is 1.68 bits per heavy atom. The minimum Gasteiger partial charge on any atom is -0.381 e. The zero-order valence-electron chi connectivity index (χ0n) is 14.8. The molecule has 2 aliphatic rings. The van der Waals surface area contributed by atoms with E-state index in [1.54, 1.807) is 0 Å². The average Bonchev–Trinajstić information content (AvgIpc) is 3.12. The molecule has 0 amide bonds. The molecule has 0 N–H and O–H groups in total. The van der Waals surface area contributed by atoms with Crippen molar-refractivity contribution in [1.82, 2.24) is 0 Å². The number of ether oxygens (including phenoxy) is 2. The second kappa shape index (κ2) is 10.4. The molecule has 0 aromatic carbocycles. The lowest BCUT2D eigenvalue weighted by atomic mass is 9.78. The quantitative estimate of drug-likeness (QED) is 0.349. The van der Waals surface area contributed by atoms with Crippen LogP contribution in [0.4, 0.5) is 0 Å². The van der Waals surface area contributed by atoms with Gasteiger partial charge < -0.3 is 9.47 Å². The number of fused-ring (bicyclic) bond motifs is 2. The highest BCUT2D eigenvalue weighted by Gasteiger charge is 2.48. The maximum atomic E-state index is 6.16. The van der Waals surface area contributed by atoms with Crippen LogP contribution in [-0.4, -0.2) is 25.4 Å². The van der Waals surface area contributed by atoms with Crippen molar-refractivity contribution < 1.29 is 9.47 Å². The summed E-state index contributed by atoms with van der Waals surface area (Å²) in [6.45, 7) is 6.37. The molecule has 0 saturated carbocycles. The number of hydrogen-bond donors (Lipinski definition) is 0. The first-order valence-electron chi connectivity index (χ1n) is 9.75. The molecule has 0 spiro atoms. The summed E-state index contributed by atoms with van der Waals surface area (Å²) < 4.78 is 12.1. The van der Waals surface area contributed by atoms with Crippen LogP contribution in [0.15, 0.2) is 12.2 Å². The number of unbranched alkanes of at least 4 members (excludes halogenated alkanes) is 5. The number of rotatable bonds is 12. The summed E-state index contributed by atoms with van der Waals surface area (Å²) in [5, 5.41) is 0. The van der Waals surface area contributed by atoms with E-state index < -0.39 is 0 Å². The fraction of sp³-hybridized carbons (Fsp3) is 0.900. The molecule has 0 unspecified atom stereocenters. The highest BCUT2D eigenvalue weighted by molar-refractivity contribution is 4.99. The Morgan fingerprint density at radius 3 is 2.45 bits per heavy atom. The van der Waals surface area contributed by atoms with Gasteiger partial charge in [-0.15, -0.1) is 0 Å². The van der Waals surface area contributed by atoms with Gasteiger partial charge in [0.2, 0.25) is 0 Å². The third kappa shape index (κ3) is 5.38. The maximum Gasteiger partial charge on any atom is 0.0633 e. The number of hydrogen-bond acceptors (Lipinski definition) is 2. The van der Waals surface area contributed by atoms with E-state index in [9.17, 15) is 0 Å². The zero-order chi connectivity index (χ0) is 15.6. The van der Waals surface area contributed by atoms with Gasteiger partial charge in [0.1, 0.15) is 0 Å². The van der Waals surface area contributed by atoms with Crippen LogP contribution in [0.1, 0.15) is 78.1 Å². The molecule has 0 aliphatic carbocycles. The van der Waals surface area contributed by atoms with E-state index in [0.717, 1.165) is 13.2 Å². The standard InChI is InChI=1S/C20H36O2/c1-3-5-7-9-10-12-17-18(20-14-13-19(17)22-20)16-21-15-11-8-6-4-2/h9-10,17-20H,3-8,11-16H2,1-2H3/t17-,18+,19-,20+/m1/s1. The van der Waals surface area contributed by atoms with E-state index in [4.69, 9.17) is 9.47 Å². The monoisotopic (exact) mass is 308 g/mol. The molecule has 0 aromatic heterocycles. The van der Waals surface area contributed by atoms with Crippen LogP contribution in [0.25, 0.3) is 0 Å². The predicted octanol–water partition coefficient (Wildman–Crippen LogP) is 5.51. The third-order valence-corrected chi connectivity index (χ3v) is 5.34. The SMILES string of the molecule is CCCCC=CC[C@@H]1[C@H](COCCCCCC)[C@@H]2CC[C@H]1O2. The summed E-state index contributed by atoms with van der Waals surface area (Å²) in [6.07, 6.45) is 18.5. The molecule has 2 aliphatic heterocycles. The summed E-state index contributed by atoms with van der Waals surface area (Å²) in [6, 6.07) is 0. The molecule has 2 saturated heterocycles. The van der Waals surface area contributed by atoms with Crippen LogP contribution in [0.5, 0.6) is 0 Å². The Balaban J connectivity index is 1.67. The smallest absolute Gasteiger partial charge is 0.0633 e. The van der Waals surface area contributed by atoms with Gasteiger partial charge in [-0.3, -0.25) is 0 Å². The largest absolute Gasteiger partial charge is 0.381 e. The second-order valence-corrected chi connectivity index (χ2v) is 7.10. The van der Waals surface area contributed by atoms with Gasteiger partial charge in [-0.1, -0.05) is 58.1 Å². The minimum absolute atomic E-state index is 0.481. The van der Waals surface area contributed by atoms with Crippen molar-refractivity contribution in [2.45, 2.75) is 90.3 Å². The first kappa shape index (κ1) is 18.0. The van der Waals surface area contributed by atoms with Crippen LogP contribution in [0.2, 0.25) is 0 Å². The fourth-order valence-electron chi connectivity index (χ4n) is 3.97. The lowest BCUT2D eigenvalue weighted by molar-refractivity contribution is 0.0478. The zero-order valence-corrected chi connectivity index (χ0v) is 14.8. The van der Waals surface area contributed by atoms with Crippen molar-refractivity contribution in [1.29, 1.82) is 0 Å². The Morgan fingerprint density at radius 1 is 0.909 bits per heavy atom. The van der Waals surface area contributed by atoms with Crippen LogP contribution in [0.3, 0.4) is 0 Å². The molecule has 2 fully saturated rings. The lowest BCUT2D eigenvalue weighted by Crippen LogP contribution is -2.30. The summed E-state index contributed by atoms with van der Waals surface area (Å²) in [7, 11) is 0. The van der Waals surface area contributed by atoms with Crippen LogP contribution in [-0.2, 0) is 9.47 Å². The van der Waals surface area contributed by atoms with E-state index in [0.29, 0.717) is 24.0 Å². The fourth-order valence-corrected chi connectivity index (χ4v) is 3.97. The Labute approximate surface area is 137 Å². The summed E-state index contributed by atoms with van der Waals surface area (Å²) in [5.41, 5.74) is 0. The van der Waals surface area contributed by atoms with E-state index in [2.05, 4.69) is 26.0 Å². The van der Waals surface area contributed by atoms with E-state index in [1.807, 2.05) is 0 Å². The van der Waals surface area contributed by atoms with Crippen molar-refractivity contribution in [2.75, 3.05) is 13.2 Å². The summed E-state index contributed by atoms with van der Waals surface area (Å²) >= 11 is 0. The predicted molar refractivity (Wildman–Crippen MR) is 93.1 cm³/mol. The van der Waals surface area contributed by atoms with Crippen molar-refractivity contribution in [2.24, 2.45) is 11.8 Å². The van der Waals surface area contributed by atoms with Gasteiger partial charge in [-0.05, 0) is 38.0 Å². The molecule has 2 heterocycles. The molecular formula is C20H36O2. The molecule has 0 radical (unpaired) electrons. The van der Waals surface area contributed by atoms with Crippen LogP contribution in [0, 0.1) is 11.8 Å². The highest BCUT2D eigenvalue weighted by Crippen LogP contribution is 2.45. The van der Waals surface area contributed by atoms with Gasteiger partial charge in [-0.25, -0.2) is 0 Å². The maximum absolute atomic E-state index is 6.16. The first-order valence-corrected chi connectivity index (χ1v) is 9.75. The van der Waals surface area contributed by atoms with Crippen molar-refractivity contribution in [3.63, 3.8) is 0 Å². The summed E-state index contributed by atoms with van der Waals surface area (Å²) in [5.74, 6) is 1.34. The highest BCUT2D eigenvalue weighted by atomic mass is 16.5. The average molecular weight is 309 g/mol. The molecule has 22 heavy (non-hydrogen) atoms. The van der Waals surface area contributed by atoms with Crippen LogP contribution >= 0.6 is 0 Å². The third-order valence-electron chi connectivity index (χ3n) is 5.34. The van der Waals surface area contributed by atoms with E-state index >= 15 is 0 Å². The van der Waals surface area contributed by atoms with E-state index in [-0.39, 0.29) is 0 Å². The summed E-state index contributed by atoms with van der Waals surface area (Å²) in [4.78, 5) is 0. The molecule has 128 valence electrons. The minimum atomic E-state index is 0.481. The van der Waals surface area contributed by atoms with Crippen LogP contribution < -0.4 is 0 Å². The van der Waals surface area contributed by atoms with Crippen molar-refractivity contribution >= 4 is 0 Å². The molecule has 2 bridgehead atoms. The van der Waals surface area contributed by atoms with Gasteiger partial charge in [0.25, 0.3) is 0 Å². The number of allylic oxidation sites excluding steroid dienone is 2. The van der Waals surface area contributed by atoms with Gasteiger partial charge in [0.15, 0.2) is 0 Å².